The van der Waals surface area contributed by atoms with E-state index in [1.807, 2.05) is 12.1 Å². The molecule has 98 valence electrons. The maximum Gasteiger partial charge on any atom is 0.138 e. The molecule has 2 aromatic rings. The second-order valence-corrected chi connectivity index (χ2v) is 6.87. The summed E-state index contributed by atoms with van der Waals surface area (Å²) in [5.41, 5.74) is 2.11. The van der Waals surface area contributed by atoms with E-state index in [-0.39, 0.29) is 5.54 Å². The SMILES string of the molecule is CC(C)c1nc2ccc(Br)cn2c1NC(C)(C)C. The Morgan fingerprint density at radius 2 is 1.94 bits per heavy atom. The van der Waals surface area contributed by atoms with Crippen LogP contribution < -0.4 is 5.32 Å². The standard InChI is InChI=1S/C14H20BrN3/c1-9(2)12-13(17-14(3,4)5)18-8-10(15)6-7-11(18)16-12/h6-9,17H,1-5H3. The molecule has 0 bridgehead atoms. The fourth-order valence-corrected chi connectivity index (χ4v) is 2.26. The Morgan fingerprint density at radius 3 is 2.50 bits per heavy atom. The second-order valence-electron chi connectivity index (χ2n) is 5.95. The Labute approximate surface area is 117 Å². The number of imidazole rings is 1. The van der Waals surface area contributed by atoms with Gasteiger partial charge in [-0.2, -0.15) is 0 Å². The lowest BCUT2D eigenvalue weighted by molar-refractivity contribution is 0.626. The molecule has 4 heteroatoms. The van der Waals surface area contributed by atoms with E-state index in [0.29, 0.717) is 5.92 Å². The van der Waals surface area contributed by atoms with Crippen LogP contribution >= 0.6 is 15.9 Å². The first-order chi connectivity index (χ1) is 8.28. The van der Waals surface area contributed by atoms with Crippen molar-refractivity contribution in [1.82, 2.24) is 9.38 Å². The molecule has 0 amide bonds. The number of fused-ring (bicyclic) bond motifs is 1. The minimum Gasteiger partial charge on any atom is -0.365 e. The van der Waals surface area contributed by atoms with Gasteiger partial charge in [0.1, 0.15) is 11.5 Å². The smallest absolute Gasteiger partial charge is 0.138 e. The number of aromatic nitrogens is 2. The van der Waals surface area contributed by atoms with Gasteiger partial charge in [0.15, 0.2) is 0 Å². The van der Waals surface area contributed by atoms with Crippen molar-refractivity contribution in [1.29, 1.82) is 0 Å². The molecule has 1 N–H and O–H groups in total. The van der Waals surface area contributed by atoms with Crippen LogP contribution in [0.2, 0.25) is 0 Å². The molecule has 2 heterocycles. The average Bonchev–Trinajstić information content (AvgIpc) is 2.55. The van der Waals surface area contributed by atoms with Crippen LogP contribution in [0.15, 0.2) is 22.8 Å². The van der Waals surface area contributed by atoms with Crippen molar-refractivity contribution in [3.8, 4) is 0 Å². The third kappa shape index (κ3) is 2.69. The molecular weight excluding hydrogens is 290 g/mol. The minimum absolute atomic E-state index is 0.0158. The first-order valence-corrected chi connectivity index (χ1v) is 7.03. The van der Waals surface area contributed by atoms with E-state index in [4.69, 9.17) is 4.98 Å². The van der Waals surface area contributed by atoms with Crippen LogP contribution in [0.4, 0.5) is 5.82 Å². The monoisotopic (exact) mass is 309 g/mol. The Hall–Kier alpha value is -1.03. The van der Waals surface area contributed by atoms with Gasteiger partial charge < -0.3 is 5.32 Å². The molecule has 0 aliphatic carbocycles. The summed E-state index contributed by atoms with van der Waals surface area (Å²) in [6.07, 6.45) is 2.06. The van der Waals surface area contributed by atoms with Crippen LogP contribution in [0.5, 0.6) is 0 Å². The van der Waals surface area contributed by atoms with Crippen LogP contribution in [0.25, 0.3) is 5.65 Å². The molecule has 0 aliphatic heterocycles. The lowest BCUT2D eigenvalue weighted by atomic mass is 10.1. The highest BCUT2D eigenvalue weighted by Crippen LogP contribution is 2.28. The normalized spacial score (nSPS) is 12.4. The number of nitrogens with one attached hydrogen (secondary N) is 1. The van der Waals surface area contributed by atoms with E-state index < -0.39 is 0 Å². The van der Waals surface area contributed by atoms with Gasteiger partial charge in [-0.25, -0.2) is 4.98 Å². The Kier molecular flexibility index (Phi) is 3.41. The number of hydrogen-bond acceptors (Lipinski definition) is 2. The van der Waals surface area contributed by atoms with Gasteiger partial charge in [-0.3, -0.25) is 4.40 Å². The van der Waals surface area contributed by atoms with Gasteiger partial charge in [0.05, 0.1) is 5.69 Å². The van der Waals surface area contributed by atoms with Crippen molar-refractivity contribution in [2.45, 2.75) is 46.1 Å². The summed E-state index contributed by atoms with van der Waals surface area (Å²) in [7, 11) is 0. The molecular formula is C14H20BrN3. The minimum atomic E-state index is 0.0158. The van der Waals surface area contributed by atoms with Crippen LogP contribution in [0, 0.1) is 0 Å². The maximum absolute atomic E-state index is 4.72. The predicted molar refractivity (Wildman–Crippen MR) is 80.4 cm³/mol. The zero-order valence-electron chi connectivity index (χ0n) is 11.6. The van der Waals surface area contributed by atoms with Gasteiger partial charge in [0.25, 0.3) is 0 Å². The molecule has 0 fully saturated rings. The molecule has 0 atom stereocenters. The van der Waals surface area contributed by atoms with Crippen molar-refractivity contribution >= 4 is 27.4 Å². The molecule has 0 saturated carbocycles. The summed E-state index contributed by atoms with van der Waals surface area (Å²) >= 11 is 3.52. The molecule has 0 saturated heterocycles. The van der Waals surface area contributed by atoms with Gasteiger partial charge in [-0.1, -0.05) is 13.8 Å². The Bertz CT molecular complexity index is 564. The highest BCUT2D eigenvalue weighted by molar-refractivity contribution is 9.10. The number of pyridine rings is 1. The summed E-state index contributed by atoms with van der Waals surface area (Å²) in [5, 5.41) is 3.56. The van der Waals surface area contributed by atoms with Crippen LogP contribution in [-0.2, 0) is 0 Å². The van der Waals surface area contributed by atoms with Crippen molar-refractivity contribution < 1.29 is 0 Å². The summed E-state index contributed by atoms with van der Waals surface area (Å²) < 4.78 is 3.17. The molecule has 0 unspecified atom stereocenters. The molecule has 0 aromatic carbocycles. The molecule has 3 nitrogen and oxygen atoms in total. The number of hydrogen-bond donors (Lipinski definition) is 1. The summed E-state index contributed by atoms with van der Waals surface area (Å²) in [6.45, 7) is 10.8. The van der Waals surface area contributed by atoms with Gasteiger partial charge in [0, 0.05) is 16.2 Å². The number of anilines is 1. The zero-order valence-corrected chi connectivity index (χ0v) is 13.2. The van der Waals surface area contributed by atoms with Gasteiger partial charge in [-0.05, 0) is 54.8 Å². The van der Waals surface area contributed by atoms with E-state index in [2.05, 4.69) is 66.5 Å². The number of nitrogens with zero attached hydrogens (tertiary/aromatic N) is 2. The molecule has 18 heavy (non-hydrogen) atoms. The fourth-order valence-electron chi connectivity index (χ4n) is 1.92. The zero-order chi connectivity index (χ0) is 13.5. The Balaban J connectivity index is 2.64. The van der Waals surface area contributed by atoms with Gasteiger partial charge in [-0.15, -0.1) is 0 Å². The van der Waals surface area contributed by atoms with Crippen molar-refractivity contribution in [3.05, 3.63) is 28.5 Å². The Morgan fingerprint density at radius 1 is 1.28 bits per heavy atom. The van der Waals surface area contributed by atoms with E-state index in [1.165, 1.54) is 0 Å². The van der Waals surface area contributed by atoms with E-state index in [9.17, 15) is 0 Å². The van der Waals surface area contributed by atoms with Crippen molar-refractivity contribution in [2.75, 3.05) is 5.32 Å². The fraction of sp³-hybridized carbons (Fsp3) is 0.500. The highest BCUT2D eigenvalue weighted by Gasteiger charge is 2.19. The molecule has 0 spiro atoms. The molecule has 0 aliphatic rings. The van der Waals surface area contributed by atoms with Crippen LogP contribution in [0.3, 0.4) is 0 Å². The second kappa shape index (κ2) is 4.57. The lowest BCUT2D eigenvalue weighted by Crippen LogP contribution is -2.27. The highest BCUT2D eigenvalue weighted by atomic mass is 79.9. The van der Waals surface area contributed by atoms with Crippen molar-refractivity contribution in [3.63, 3.8) is 0 Å². The maximum atomic E-state index is 4.72. The van der Waals surface area contributed by atoms with E-state index in [0.717, 1.165) is 21.6 Å². The number of halogens is 1. The van der Waals surface area contributed by atoms with E-state index in [1.54, 1.807) is 0 Å². The van der Waals surface area contributed by atoms with Crippen molar-refractivity contribution in [2.24, 2.45) is 0 Å². The first kappa shape index (κ1) is 13.4. The molecule has 2 aromatic heterocycles. The molecule has 2 rings (SSSR count). The lowest BCUT2D eigenvalue weighted by Gasteiger charge is -2.23. The van der Waals surface area contributed by atoms with Gasteiger partial charge in [0.2, 0.25) is 0 Å². The first-order valence-electron chi connectivity index (χ1n) is 6.23. The largest absolute Gasteiger partial charge is 0.365 e. The summed E-state index contributed by atoms with van der Waals surface area (Å²) in [4.78, 5) is 4.72. The van der Waals surface area contributed by atoms with Crippen LogP contribution in [0.1, 0.15) is 46.2 Å². The predicted octanol–water partition coefficient (Wildman–Crippen LogP) is 4.43. The van der Waals surface area contributed by atoms with Gasteiger partial charge >= 0.3 is 0 Å². The quantitative estimate of drug-likeness (QED) is 0.889. The summed E-state index contributed by atoms with van der Waals surface area (Å²) in [5.74, 6) is 1.49. The average molecular weight is 310 g/mol. The number of rotatable bonds is 2. The van der Waals surface area contributed by atoms with Crippen LogP contribution in [-0.4, -0.2) is 14.9 Å². The third-order valence-electron chi connectivity index (χ3n) is 2.65. The summed E-state index contributed by atoms with van der Waals surface area (Å²) in [6, 6.07) is 4.05. The topological polar surface area (TPSA) is 29.3 Å². The molecule has 0 radical (unpaired) electrons. The third-order valence-corrected chi connectivity index (χ3v) is 3.12. The van der Waals surface area contributed by atoms with E-state index >= 15 is 0 Å².